The molecule has 1 saturated heterocycles. The number of likely N-dealkylation sites (tertiary alicyclic amines) is 1. The van der Waals surface area contributed by atoms with Gasteiger partial charge in [-0.2, -0.15) is 0 Å². The van der Waals surface area contributed by atoms with Gasteiger partial charge in [0.2, 0.25) is 11.8 Å². The van der Waals surface area contributed by atoms with Gasteiger partial charge in [-0.1, -0.05) is 0 Å². The fourth-order valence-electron chi connectivity index (χ4n) is 3.25. The summed E-state index contributed by atoms with van der Waals surface area (Å²) in [4.78, 5) is 38.1. The van der Waals surface area contributed by atoms with E-state index in [9.17, 15) is 31.9 Å². The Balaban J connectivity index is 1.45. The van der Waals surface area contributed by atoms with E-state index < -0.39 is 53.2 Å². The van der Waals surface area contributed by atoms with E-state index in [1.807, 2.05) is 0 Å². The molecule has 164 valence electrons. The molecule has 31 heavy (non-hydrogen) atoms. The number of rotatable bonds is 5. The van der Waals surface area contributed by atoms with E-state index in [2.05, 4.69) is 10.6 Å². The van der Waals surface area contributed by atoms with Crippen LogP contribution in [0.1, 0.15) is 23.2 Å². The third kappa shape index (κ3) is 5.39. The maximum atomic E-state index is 13.6. The molecule has 2 aromatic rings. The quantitative estimate of drug-likeness (QED) is 0.558. The van der Waals surface area contributed by atoms with Crippen LogP contribution in [0.3, 0.4) is 0 Å². The molecule has 0 bridgehead atoms. The van der Waals surface area contributed by atoms with Gasteiger partial charge >= 0.3 is 0 Å². The Bertz CT molecular complexity index is 990. The van der Waals surface area contributed by atoms with Crippen molar-refractivity contribution in [3.63, 3.8) is 0 Å². The van der Waals surface area contributed by atoms with Crippen LogP contribution in [0, 0.1) is 29.2 Å². The van der Waals surface area contributed by atoms with Crippen molar-refractivity contribution in [2.24, 2.45) is 5.92 Å². The van der Waals surface area contributed by atoms with Crippen molar-refractivity contribution in [3.8, 4) is 0 Å². The lowest BCUT2D eigenvalue weighted by Gasteiger charge is -2.31. The van der Waals surface area contributed by atoms with E-state index in [1.54, 1.807) is 4.90 Å². The Hall–Kier alpha value is -3.43. The number of nitrogens with zero attached hydrogens (tertiary/aromatic N) is 1. The molecule has 0 aromatic heterocycles. The lowest BCUT2D eigenvalue weighted by molar-refractivity contribution is -0.128. The van der Waals surface area contributed by atoms with Crippen LogP contribution in [0.2, 0.25) is 0 Å². The summed E-state index contributed by atoms with van der Waals surface area (Å²) < 4.78 is 52.7. The molecule has 2 aromatic carbocycles. The largest absolute Gasteiger partial charge is 0.347 e. The van der Waals surface area contributed by atoms with Crippen molar-refractivity contribution in [1.29, 1.82) is 0 Å². The molecule has 0 spiro atoms. The first-order chi connectivity index (χ1) is 14.8. The molecule has 3 amide bonds. The van der Waals surface area contributed by atoms with Gasteiger partial charge in [0.15, 0.2) is 17.5 Å². The zero-order valence-electron chi connectivity index (χ0n) is 16.3. The summed E-state index contributed by atoms with van der Waals surface area (Å²) in [6, 6.07) is 6.74. The average Bonchev–Trinajstić information content (AvgIpc) is 2.78. The molecule has 1 fully saturated rings. The minimum Gasteiger partial charge on any atom is -0.347 e. The topological polar surface area (TPSA) is 78.5 Å². The van der Waals surface area contributed by atoms with Gasteiger partial charge in [-0.3, -0.25) is 14.4 Å². The van der Waals surface area contributed by atoms with E-state index in [1.165, 1.54) is 24.3 Å². The Kier molecular flexibility index (Phi) is 6.88. The Morgan fingerprint density at radius 1 is 0.903 bits per heavy atom. The molecule has 0 aliphatic carbocycles. The number of hydrogen-bond acceptors (Lipinski definition) is 3. The van der Waals surface area contributed by atoms with Crippen LogP contribution in [0.4, 0.5) is 23.2 Å². The summed E-state index contributed by atoms with van der Waals surface area (Å²) >= 11 is 0. The van der Waals surface area contributed by atoms with E-state index in [-0.39, 0.29) is 5.91 Å². The van der Waals surface area contributed by atoms with E-state index in [0.29, 0.717) is 37.6 Å². The number of carbonyl (C=O) groups is 3. The van der Waals surface area contributed by atoms with E-state index in [0.717, 1.165) is 6.07 Å². The number of amides is 3. The predicted molar refractivity (Wildman–Crippen MR) is 103 cm³/mol. The van der Waals surface area contributed by atoms with Crippen molar-refractivity contribution in [1.82, 2.24) is 10.2 Å². The average molecular weight is 437 g/mol. The van der Waals surface area contributed by atoms with Gasteiger partial charge in [-0.15, -0.1) is 0 Å². The van der Waals surface area contributed by atoms with Crippen LogP contribution >= 0.6 is 0 Å². The lowest BCUT2D eigenvalue weighted by Crippen LogP contribution is -2.44. The summed E-state index contributed by atoms with van der Waals surface area (Å²) in [7, 11) is 0. The fraction of sp³-hybridized carbons (Fsp3) is 0.286. The zero-order valence-corrected chi connectivity index (χ0v) is 16.3. The van der Waals surface area contributed by atoms with Crippen LogP contribution < -0.4 is 10.6 Å². The molecule has 10 heteroatoms. The first-order valence-electron chi connectivity index (χ1n) is 9.52. The first kappa shape index (κ1) is 22.3. The molecule has 1 aliphatic rings. The number of carbonyl (C=O) groups excluding carboxylic acids is 3. The van der Waals surface area contributed by atoms with Gasteiger partial charge < -0.3 is 15.5 Å². The third-order valence-electron chi connectivity index (χ3n) is 4.98. The second-order valence-electron chi connectivity index (χ2n) is 7.06. The number of piperidine rings is 1. The number of nitrogens with one attached hydrogen (secondary N) is 2. The SMILES string of the molecule is O=C(CNC(=O)C1CCN(C(=O)c2ccc(F)cc2)CC1)Nc1ccc(F)c(F)c1F. The molecule has 0 unspecified atom stereocenters. The number of anilines is 1. The van der Waals surface area contributed by atoms with E-state index in [4.69, 9.17) is 0 Å². The van der Waals surface area contributed by atoms with Gasteiger partial charge in [0.1, 0.15) is 5.82 Å². The van der Waals surface area contributed by atoms with Crippen LogP contribution in [-0.4, -0.2) is 42.3 Å². The molecule has 1 aliphatic heterocycles. The van der Waals surface area contributed by atoms with Gasteiger partial charge in [0, 0.05) is 24.6 Å². The monoisotopic (exact) mass is 437 g/mol. The second-order valence-corrected chi connectivity index (χ2v) is 7.06. The fourth-order valence-corrected chi connectivity index (χ4v) is 3.25. The van der Waals surface area contributed by atoms with Crippen molar-refractivity contribution >= 4 is 23.4 Å². The number of hydrogen-bond donors (Lipinski definition) is 2. The Morgan fingerprint density at radius 3 is 2.19 bits per heavy atom. The van der Waals surface area contributed by atoms with Gasteiger partial charge in [0.25, 0.3) is 5.91 Å². The van der Waals surface area contributed by atoms with Crippen molar-refractivity contribution < 1.29 is 31.9 Å². The highest BCUT2D eigenvalue weighted by molar-refractivity contribution is 5.95. The summed E-state index contributed by atoms with van der Waals surface area (Å²) in [5.41, 5.74) is -0.184. The van der Waals surface area contributed by atoms with Crippen molar-refractivity contribution in [3.05, 3.63) is 65.2 Å². The van der Waals surface area contributed by atoms with Gasteiger partial charge in [-0.05, 0) is 49.2 Å². The Labute approximate surface area is 175 Å². The molecule has 3 rings (SSSR count). The highest BCUT2D eigenvalue weighted by Gasteiger charge is 2.28. The van der Waals surface area contributed by atoms with Crippen LogP contribution in [0.25, 0.3) is 0 Å². The molecule has 0 atom stereocenters. The van der Waals surface area contributed by atoms with Crippen LogP contribution in [0.15, 0.2) is 36.4 Å². The number of halogens is 4. The first-order valence-corrected chi connectivity index (χ1v) is 9.52. The molecule has 0 saturated carbocycles. The normalized spacial score (nSPS) is 14.3. The molecule has 6 nitrogen and oxygen atoms in total. The Morgan fingerprint density at radius 2 is 1.55 bits per heavy atom. The summed E-state index contributed by atoms with van der Waals surface area (Å²) in [6.07, 6.45) is 0.746. The smallest absolute Gasteiger partial charge is 0.253 e. The highest BCUT2D eigenvalue weighted by Crippen LogP contribution is 2.21. The summed E-state index contributed by atoms with van der Waals surface area (Å²) in [5, 5.41) is 4.48. The minimum absolute atomic E-state index is 0.258. The summed E-state index contributed by atoms with van der Waals surface area (Å²) in [5.74, 6) is -6.95. The van der Waals surface area contributed by atoms with Crippen LogP contribution in [-0.2, 0) is 9.59 Å². The van der Waals surface area contributed by atoms with Gasteiger partial charge in [-0.25, -0.2) is 17.6 Å². The molecular weight excluding hydrogens is 418 g/mol. The van der Waals surface area contributed by atoms with Gasteiger partial charge in [0.05, 0.1) is 12.2 Å². The second kappa shape index (κ2) is 9.59. The van der Waals surface area contributed by atoms with Crippen LogP contribution in [0.5, 0.6) is 0 Å². The zero-order chi connectivity index (χ0) is 22.5. The molecule has 2 N–H and O–H groups in total. The highest BCUT2D eigenvalue weighted by atomic mass is 19.2. The maximum absolute atomic E-state index is 13.6. The molecular formula is C21H19F4N3O3. The predicted octanol–water partition coefficient (Wildman–Crippen LogP) is 2.85. The standard InChI is InChI=1S/C21H19F4N3O3/c22-14-3-1-13(2-4-14)21(31)28-9-7-12(8-10-28)20(30)26-11-17(29)27-16-6-5-15(23)18(24)19(16)25/h1-6,12H,7-11H2,(H,26,30)(H,27,29). The molecule has 0 radical (unpaired) electrons. The molecule has 1 heterocycles. The lowest BCUT2D eigenvalue weighted by atomic mass is 9.95. The van der Waals surface area contributed by atoms with Crippen molar-refractivity contribution in [2.45, 2.75) is 12.8 Å². The van der Waals surface area contributed by atoms with E-state index >= 15 is 0 Å². The third-order valence-corrected chi connectivity index (χ3v) is 4.98. The minimum atomic E-state index is -1.70. The number of benzene rings is 2. The maximum Gasteiger partial charge on any atom is 0.253 e. The van der Waals surface area contributed by atoms with Crippen molar-refractivity contribution in [2.75, 3.05) is 25.0 Å². The summed E-state index contributed by atoms with van der Waals surface area (Å²) in [6.45, 7) is 0.160.